The Kier molecular flexibility index (Phi) is 5.74. The highest BCUT2D eigenvalue weighted by atomic mass is 32.1. The van der Waals surface area contributed by atoms with Gasteiger partial charge in [-0.25, -0.2) is 4.98 Å². The van der Waals surface area contributed by atoms with Crippen LogP contribution in [-0.4, -0.2) is 17.0 Å². The van der Waals surface area contributed by atoms with E-state index in [1.165, 1.54) is 0 Å². The largest absolute Gasteiger partial charge is 0.448 e. The predicted molar refractivity (Wildman–Crippen MR) is 115 cm³/mol. The second-order valence-corrected chi connectivity index (χ2v) is 7.99. The van der Waals surface area contributed by atoms with E-state index in [4.69, 9.17) is 9.15 Å². The first-order chi connectivity index (χ1) is 14.1. The van der Waals surface area contributed by atoms with E-state index in [9.17, 15) is 4.79 Å². The lowest BCUT2D eigenvalue weighted by molar-refractivity contribution is 0.0651. The van der Waals surface area contributed by atoms with Gasteiger partial charge in [0.15, 0.2) is 16.5 Å². The molecule has 2 heterocycles. The summed E-state index contributed by atoms with van der Waals surface area (Å²) in [4.78, 5) is 17.1. The van der Waals surface area contributed by atoms with Crippen LogP contribution in [0.25, 0.3) is 21.0 Å². The topological polar surface area (TPSA) is 64.4 Å². The molecule has 4 rings (SSSR count). The number of hydrogen-bond donors (Lipinski definition) is 1. The van der Waals surface area contributed by atoms with Gasteiger partial charge in [-0.2, -0.15) is 0 Å². The fourth-order valence-corrected chi connectivity index (χ4v) is 3.87. The molecule has 4 aromatic rings. The van der Waals surface area contributed by atoms with Crippen molar-refractivity contribution in [1.29, 1.82) is 0 Å². The van der Waals surface area contributed by atoms with E-state index in [0.29, 0.717) is 18.9 Å². The van der Waals surface area contributed by atoms with Crippen molar-refractivity contribution in [3.8, 4) is 10.8 Å². The highest BCUT2D eigenvalue weighted by Crippen LogP contribution is 2.31. The summed E-state index contributed by atoms with van der Waals surface area (Å²) in [5.41, 5.74) is 3.02. The number of benzene rings is 2. The maximum absolute atomic E-state index is 12.6. The minimum atomic E-state index is -0.253. The lowest BCUT2D eigenvalue weighted by Crippen LogP contribution is -2.23. The normalized spacial score (nSPS) is 11.3. The molecular formula is C23H22N2O3S. The zero-order valence-corrected chi connectivity index (χ0v) is 17.2. The van der Waals surface area contributed by atoms with Crippen LogP contribution >= 0.6 is 11.3 Å². The Balaban J connectivity index is 1.44. The molecule has 0 fully saturated rings. The minimum absolute atomic E-state index is 0.154. The molecule has 0 bridgehead atoms. The number of thiazole rings is 1. The zero-order valence-electron chi connectivity index (χ0n) is 16.3. The van der Waals surface area contributed by atoms with Gasteiger partial charge < -0.3 is 14.5 Å². The molecular weight excluding hydrogens is 384 g/mol. The van der Waals surface area contributed by atoms with E-state index in [1.54, 1.807) is 23.5 Å². The predicted octanol–water partition coefficient (Wildman–Crippen LogP) is 5.41. The van der Waals surface area contributed by atoms with Gasteiger partial charge in [-0.1, -0.05) is 36.4 Å². The summed E-state index contributed by atoms with van der Waals surface area (Å²) in [6.07, 6.45) is 0.154. The number of para-hydroxylation sites is 1. The van der Waals surface area contributed by atoms with Crippen LogP contribution in [0.4, 0.5) is 0 Å². The number of amides is 1. The lowest BCUT2D eigenvalue weighted by atomic mass is 10.1. The SMILES string of the molecule is CC(C)OCc1ccccc1CNC(=O)c1ccc(-c2nc3ccccc3s2)o1. The summed E-state index contributed by atoms with van der Waals surface area (Å²) in [7, 11) is 0. The van der Waals surface area contributed by atoms with E-state index < -0.39 is 0 Å². The molecule has 29 heavy (non-hydrogen) atoms. The summed E-state index contributed by atoms with van der Waals surface area (Å²) in [6, 6.07) is 19.3. The number of carbonyl (C=O) groups excluding carboxylic acids is 1. The fourth-order valence-electron chi connectivity index (χ4n) is 2.94. The van der Waals surface area contributed by atoms with E-state index in [2.05, 4.69) is 10.3 Å². The van der Waals surface area contributed by atoms with E-state index in [-0.39, 0.29) is 17.8 Å². The van der Waals surface area contributed by atoms with Crippen molar-refractivity contribution in [3.05, 3.63) is 77.6 Å². The van der Waals surface area contributed by atoms with Gasteiger partial charge in [0.2, 0.25) is 0 Å². The highest BCUT2D eigenvalue weighted by Gasteiger charge is 2.15. The molecule has 0 radical (unpaired) electrons. The van der Waals surface area contributed by atoms with Gasteiger partial charge in [-0.05, 0) is 49.2 Å². The minimum Gasteiger partial charge on any atom is -0.448 e. The molecule has 148 valence electrons. The molecule has 2 aromatic carbocycles. The molecule has 5 nitrogen and oxygen atoms in total. The van der Waals surface area contributed by atoms with Crippen LogP contribution in [0.3, 0.4) is 0 Å². The summed E-state index contributed by atoms with van der Waals surface area (Å²) in [5, 5.41) is 3.69. The Morgan fingerprint density at radius 3 is 2.62 bits per heavy atom. The van der Waals surface area contributed by atoms with Crippen LogP contribution in [0.5, 0.6) is 0 Å². The summed E-state index contributed by atoms with van der Waals surface area (Å²) < 4.78 is 12.6. The third-order valence-electron chi connectivity index (χ3n) is 4.46. The van der Waals surface area contributed by atoms with E-state index in [0.717, 1.165) is 26.4 Å². The molecule has 0 aliphatic rings. The Morgan fingerprint density at radius 2 is 1.83 bits per heavy atom. The van der Waals surface area contributed by atoms with Gasteiger partial charge >= 0.3 is 0 Å². The van der Waals surface area contributed by atoms with E-state index in [1.807, 2.05) is 62.4 Å². The van der Waals surface area contributed by atoms with Crippen LogP contribution in [0.1, 0.15) is 35.5 Å². The number of carbonyl (C=O) groups is 1. The highest BCUT2D eigenvalue weighted by molar-refractivity contribution is 7.21. The maximum atomic E-state index is 12.6. The lowest BCUT2D eigenvalue weighted by Gasteiger charge is -2.12. The van der Waals surface area contributed by atoms with Crippen LogP contribution in [0.15, 0.2) is 65.1 Å². The van der Waals surface area contributed by atoms with Gasteiger partial charge in [0.05, 0.1) is 22.9 Å². The average Bonchev–Trinajstić information content (AvgIpc) is 3.38. The van der Waals surface area contributed by atoms with Gasteiger partial charge in [-0.3, -0.25) is 4.79 Å². The number of ether oxygens (including phenoxy) is 1. The van der Waals surface area contributed by atoms with Crippen LogP contribution < -0.4 is 5.32 Å². The Labute approximate surface area is 173 Å². The zero-order chi connectivity index (χ0) is 20.2. The van der Waals surface area contributed by atoms with Crippen molar-refractivity contribution in [2.24, 2.45) is 0 Å². The Hall–Kier alpha value is -2.96. The first-order valence-electron chi connectivity index (χ1n) is 9.52. The monoisotopic (exact) mass is 406 g/mol. The number of furan rings is 1. The van der Waals surface area contributed by atoms with Crippen molar-refractivity contribution >= 4 is 27.5 Å². The number of nitrogens with one attached hydrogen (secondary N) is 1. The van der Waals surface area contributed by atoms with Crippen molar-refractivity contribution < 1.29 is 13.9 Å². The average molecular weight is 407 g/mol. The first kappa shape index (κ1) is 19.4. The fraction of sp³-hybridized carbons (Fsp3) is 0.217. The standard InChI is InChI=1S/C23H22N2O3S/c1-15(2)27-14-17-8-4-3-7-16(17)13-24-22(26)19-11-12-20(28-19)23-25-18-9-5-6-10-21(18)29-23/h3-12,15H,13-14H2,1-2H3,(H,24,26). The summed E-state index contributed by atoms with van der Waals surface area (Å²) in [5.74, 6) is 0.620. The van der Waals surface area contributed by atoms with Crippen LogP contribution in [0, 0.1) is 0 Å². The third kappa shape index (κ3) is 4.55. The van der Waals surface area contributed by atoms with Gasteiger partial charge in [0, 0.05) is 6.54 Å². The molecule has 1 N–H and O–H groups in total. The Bertz CT molecular complexity index is 1100. The molecule has 0 saturated carbocycles. The second kappa shape index (κ2) is 8.59. The summed E-state index contributed by atoms with van der Waals surface area (Å²) >= 11 is 1.54. The number of nitrogens with zero attached hydrogens (tertiary/aromatic N) is 1. The second-order valence-electron chi connectivity index (χ2n) is 6.96. The smallest absolute Gasteiger partial charge is 0.287 e. The third-order valence-corrected chi connectivity index (χ3v) is 5.52. The van der Waals surface area contributed by atoms with Gasteiger partial charge in [0.25, 0.3) is 5.91 Å². The van der Waals surface area contributed by atoms with Crippen molar-refractivity contribution in [2.45, 2.75) is 33.1 Å². The molecule has 0 aliphatic carbocycles. The molecule has 0 unspecified atom stereocenters. The number of rotatable bonds is 7. The molecule has 1 amide bonds. The van der Waals surface area contributed by atoms with Crippen LogP contribution in [0.2, 0.25) is 0 Å². The number of fused-ring (bicyclic) bond motifs is 1. The van der Waals surface area contributed by atoms with Crippen molar-refractivity contribution in [2.75, 3.05) is 0 Å². The van der Waals surface area contributed by atoms with Gasteiger partial charge in [-0.15, -0.1) is 11.3 Å². The molecule has 0 spiro atoms. The summed E-state index contributed by atoms with van der Waals surface area (Å²) in [6.45, 7) is 4.94. The number of hydrogen-bond acceptors (Lipinski definition) is 5. The van der Waals surface area contributed by atoms with Crippen molar-refractivity contribution in [3.63, 3.8) is 0 Å². The molecule has 0 atom stereocenters. The maximum Gasteiger partial charge on any atom is 0.287 e. The molecule has 0 saturated heterocycles. The van der Waals surface area contributed by atoms with Crippen LogP contribution in [-0.2, 0) is 17.9 Å². The molecule has 6 heteroatoms. The first-order valence-corrected chi connectivity index (χ1v) is 10.3. The molecule has 2 aromatic heterocycles. The number of aromatic nitrogens is 1. The Morgan fingerprint density at radius 1 is 1.07 bits per heavy atom. The molecule has 0 aliphatic heterocycles. The van der Waals surface area contributed by atoms with E-state index >= 15 is 0 Å². The van der Waals surface area contributed by atoms with Gasteiger partial charge in [0.1, 0.15) is 0 Å². The quantitative estimate of drug-likeness (QED) is 0.446. The van der Waals surface area contributed by atoms with Crippen molar-refractivity contribution in [1.82, 2.24) is 10.3 Å².